The Bertz CT molecular complexity index is 963. The van der Waals surface area contributed by atoms with Gasteiger partial charge in [0.25, 0.3) is 0 Å². The number of hydrogen-bond donors (Lipinski definition) is 1. The van der Waals surface area contributed by atoms with Gasteiger partial charge in [-0.3, -0.25) is 0 Å². The van der Waals surface area contributed by atoms with Gasteiger partial charge in [0.05, 0.1) is 28.4 Å². The summed E-state index contributed by atoms with van der Waals surface area (Å²) in [5, 5.41) is 0.0478. The second-order valence-electron chi connectivity index (χ2n) is 11.3. The van der Waals surface area contributed by atoms with E-state index in [-0.39, 0.29) is 5.04 Å². The lowest BCUT2D eigenvalue weighted by Crippen LogP contribution is -2.50. The highest BCUT2D eigenvalue weighted by molar-refractivity contribution is 7.84. The smallest absolute Gasteiger partial charge is 0.193 e. The Kier molecular flexibility index (Phi) is 6.59. The molecule has 0 aliphatic heterocycles. The largest absolute Gasteiger partial charge is 0.497 e. The van der Waals surface area contributed by atoms with E-state index in [2.05, 4.69) is 75.0 Å². The Morgan fingerprint density at radius 3 is 1.94 bits per heavy atom. The van der Waals surface area contributed by atoms with Gasteiger partial charge in [0.15, 0.2) is 8.32 Å². The predicted molar refractivity (Wildman–Crippen MR) is 137 cm³/mol. The summed E-state index contributed by atoms with van der Waals surface area (Å²) in [7, 11) is -1.76. The molecule has 0 amide bonds. The molecular weight excluding hydrogens is 434 g/mol. The molecule has 1 fully saturated rings. The van der Waals surface area contributed by atoms with E-state index in [4.69, 9.17) is 9.16 Å². The maximum absolute atomic E-state index is 13.4. The molecule has 1 N–H and O–H groups in total. The van der Waals surface area contributed by atoms with Crippen molar-refractivity contribution in [2.45, 2.75) is 82.0 Å². The molecule has 3 atom stereocenters. The molecule has 3 rings (SSSR count). The van der Waals surface area contributed by atoms with E-state index < -0.39 is 35.2 Å². The molecule has 0 unspecified atom stereocenters. The monoisotopic (exact) mass is 473 g/mol. The number of ether oxygens (including phenoxy) is 1. The van der Waals surface area contributed by atoms with Crippen molar-refractivity contribution in [3.8, 4) is 5.75 Å². The summed E-state index contributed by atoms with van der Waals surface area (Å²) in [4.78, 5) is 0. The summed E-state index contributed by atoms with van der Waals surface area (Å²) in [6.07, 6.45) is 0.727. The van der Waals surface area contributed by atoms with Gasteiger partial charge in [-0.2, -0.15) is 0 Å². The normalized spacial score (nSPS) is 24.8. The fraction of sp³-hybridized carbons (Fsp3) is 0.538. The van der Waals surface area contributed by atoms with Gasteiger partial charge in [0.2, 0.25) is 0 Å². The molecular formula is C26H39NO3SSi. The summed E-state index contributed by atoms with van der Waals surface area (Å²) in [5.74, 6) is 0.803. The maximum Gasteiger partial charge on any atom is 0.193 e. The quantitative estimate of drug-likeness (QED) is 0.483. The third-order valence-electron chi connectivity index (χ3n) is 6.96. The van der Waals surface area contributed by atoms with Crippen LogP contribution < -0.4 is 9.46 Å². The van der Waals surface area contributed by atoms with Crippen molar-refractivity contribution in [1.82, 2.24) is 4.72 Å². The summed E-state index contributed by atoms with van der Waals surface area (Å²) < 4.78 is 29.2. The molecule has 0 aromatic heterocycles. The van der Waals surface area contributed by atoms with E-state index in [9.17, 15) is 4.21 Å². The number of nitrogens with one attached hydrogen (secondary N) is 1. The molecule has 1 aliphatic rings. The van der Waals surface area contributed by atoms with Crippen LogP contribution in [-0.2, 0) is 26.6 Å². The summed E-state index contributed by atoms with van der Waals surface area (Å²) >= 11 is 0. The van der Waals surface area contributed by atoms with Gasteiger partial charge in [0, 0.05) is 6.42 Å². The van der Waals surface area contributed by atoms with Crippen LogP contribution in [0.2, 0.25) is 18.1 Å². The second kappa shape index (κ2) is 8.39. The van der Waals surface area contributed by atoms with Crippen LogP contribution in [0.5, 0.6) is 5.75 Å². The van der Waals surface area contributed by atoms with Crippen LogP contribution in [0.3, 0.4) is 0 Å². The molecule has 4 nitrogen and oxygen atoms in total. The lowest BCUT2D eigenvalue weighted by molar-refractivity contribution is 0.126. The van der Waals surface area contributed by atoms with Crippen molar-refractivity contribution >= 4 is 19.3 Å². The van der Waals surface area contributed by atoms with E-state index in [1.807, 2.05) is 39.0 Å². The molecule has 176 valence electrons. The zero-order chi connectivity index (χ0) is 24.0. The molecule has 2 aromatic carbocycles. The minimum absolute atomic E-state index is 0.0478. The van der Waals surface area contributed by atoms with Gasteiger partial charge >= 0.3 is 0 Å². The lowest BCUT2D eigenvalue weighted by atomic mass is 9.96. The van der Waals surface area contributed by atoms with E-state index >= 15 is 0 Å². The fourth-order valence-corrected chi connectivity index (χ4v) is 6.37. The van der Waals surface area contributed by atoms with E-state index in [0.717, 1.165) is 23.3 Å². The number of rotatable bonds is 7. The van der Waals surface area contributed by atoms with Crippen molar-refractivity contribution in [2.75, 3.05) is 7.11 Å². The highest BCUT2D eigenvalue weighted by atomic mass is 32.2. The SMILES string of the molecule is COc1ccc([C@]2(N[S@](=O)C(C)(C)C)C[C@]2(O[Si](C)(C)C(C)(C)C)c2ccccc2)cc1. The molecule has 6 heteroatoms. The van der Waals surface area contributed by atoms with E-state index in [0.29, 0.717) is 0 Å². The van der Waals surface area contributed by atoms with Crippen molar-refractivity contribution in [3.63, 3.8) is 0 Å². The Labute approximate surface area is 197 Å². The third kappa shape index (κ3) is 4.47. The van der Waals surface area contributed by atoms with Gasteiger partial charge in [-0.1, -0.05) is 63.2 Å². The van der Waals surface area contributed by atoms with Crippen molar-refractivity contribution in [3.05, 3.63) is 65.7 Å². The van der Waals surface area contributed by atoms with Gasteiger partial charge in [-0.05, 0) is 62.2 Å². The van der Waals surface area contributed by atoms with Crippen LogP contribution >= 0.6 is 0 Å². The predicted octanol–water partition coefficient (Wildman–Crippen LogP) is 6.26. The molecule has 0 radical (unpaired) electrons. The van der Waals surface area contributed by atoms with Gasteiger partial charge in [-0.25, -0.2) is 8.93 Å². The zero-order valence-corrected chi connectivity index (χ0v) is 22.9. The molecule has 2 aromatic rings. The average molecular weight is 474 g/mol. The first-order valence-corrected chi connectivity index (χ1v) is 15.3. The molecule has 32 heavy (non-hydrogen) atoms. The highest BCUT2D eigenvalue weighted by Crippen LogP contribution is 2.67. The van der Waals surface area contributed by atoms with Crippen LogP contribution in [0.15, 0.2) is 54.6 Å². The fourth-order valence-electron chi connectivity index (χ4n) is 3.86. The lowest BCUT2D eigenvalue weighted by Gasteiger charge is -2.42. The number of hydrogen-bond acceptors (Lipinski definition) is 3. The van der Waals surface area contributed by atoms with Gasteiger partial charge in [0.1, 0.15) is 11.4 Å². The van der Waals surface area contributed by atoms with E-state index in [1.165, 1.54) is 0 Å². The Hall–Kier alpha value is -1.47. The topological polar surface area (TPSA) is 47.6 Å². The van der Waals surface area contributed by atoms with E-state index in [1.54, 1.807) is 7.11 Å². The zero-order valence-electron chi connectivity index (χ0n) is 21.0. The first-order chi connectivity index (χ1) is 14.7. The number of benzene rings is 2. The number of methoxy groups -OCH3 is 1. The Morgan fingerprint density at radius 1 is 0.906 bits per heavy atom. The van der Waals surface area contributed by atoms with Crippen LogP contribution in [-0.4, -0.2) is 24.4 Å². The standard InChI is InChI=1S/C26H39NO3SSi/c1-23(2,3)31(28)27-25(20-15-17-22(29-7)18-16-20)19-26(25,21-13-11-10-12-14-21)30-32(8,9)24(4,5)6/h10-18,27H,19H2,1-9H3/t25-,26+,31-/m1/s1. The molecule has 1 saturated carbocycles. The van der Waals surface area contributed by atoms with Crippen LogP contribution in [0, 0.1) is 0 Å². The van der Waals surface area contributed by atoms with Crippen molar-refractivity contribution in [2.24, 2.45) is 0 Å². The van der Waals surface area contributed by atoms with Gasteiger partial charge in [-0.15, -0.1) is 0 Å². The van der Waals surface area contributed by atoms with Crippen molar-refractivity contribution < 1.29 is 13.4 Å². The first-order valence-electron chi connectivity index (χ1n) is 11.3. The minimum atomic E-state index is -2.16. The molecule has 0 heterocycles. The molecule has 0 spiro atoms. The van der Waals surface area contributed by atoms with Crippen LogP contribution in [0.4, 0.5) is 0 Å². The van der Waals surface area contributed by atoms with Crippen LogP contribution in [0.25, 0.3) is 0 Å². The Morgan fingerprint density at radius 2 is 1.47 bits per heavy atom. The van der Waals surface area contributed by atoms with Gasteiger partial charge < -0.3 is 9.16 Å². The summed E-state index contributed by atoms with van der Waals surface area (Å²) in [6, 6.07) is 18.5. The van der Waals surface area contributed by atoms with Crippen molar-refractivity contribution in [1.29, 1.82) is 0 Å². The average Bonchev–Trinajstić information content (AvgIpc) is 3.35. The molecule has 0 saturated heterocycles. The van der Waals surface area contributed by atoms with Crippen LogP contribution in [0.1, 0.15) is 59.1 Å². The maximum atomic E-state index is 13.4. The summed E-state index contributed by atoms with van der Waals surface area (Å²) in [5.41, 5.74) is 1.01. The minimum Gasteiger partial charge on any atom is -0.497 e. The summed E-state index contributed by atoms with van der Waals surface area (Å²) in [6.45, 7) is 17.4. The third-order valence-corrected chi connectivity index (χ3v) is 13.1. The molecule has 1 aliphatic carbocycles. The highest BCUT2D eigenvalue weighted by Gasteiger charge is 2.73. The second-order valence-corrected chi connectivity index (χ2v) is 18.0. The molecule has 0 bridgehead atoms. The first kappa shape index (κ1) is 25.2. The Balaban J connectivity index is 2.19.